The van der Waals surface area contributed by atoms with Crippen LogP contribution in [0.1, 0.15) is 0 Å². The molecule has 1 aromatic heterocycles. The van der Waals surface area contributed by atoms with Crippen molar-refractivity contribution in [1.82, 2.24) is 0 Å². The number of hydrogen-bond acceptors (Lipinski definition) is 2. The summed E-state index contributed by atoms with van der Waals surface area (Å²) in [7, 11) is 0. The van der Waals surface area contributed by atoms with E-state index in [1.807, 2.05) is 12.1 Å². The molecule has 11 aromatic carbocycles. The second-order valence-electron chi connectivity index (χ2n) is 16.4. The Hall–Kier alpha value is -8.46. The maximum Gasteiger partial charge on any atom is 0.143 e. The molecule has 0 N–H and O–H groups in total. The van der Waals surface area contributed by atoms with Crippen LogP contribution in [0.15, 0.2) is 253 Å². The maximum absolute atomic E-state index is 6.55. The predicted molar refractivity (Wildman–Crippen MR) is 271 cm³/mol. The quantitative estimate of drug-likeness (QED) is 0.142. The van der Waals surface area contributed by atoms with Gasteiger partial charge in [-0.05, 0) is 120 Å². The summed E-state index contributed by atoms with van der Waals surface area (Å²) in [6.45, 7) is 0. The van der Waals surface area contributed by atoms with Gasteiger partial charge in [-0.15, -0.1) is 0 Å². The number of benzene rings is 11. The summed E-state index contributed by atoms with van der Waals surface area (Å²) < 4.78 is 6.55. The van der Waals surface area contributed by atoms with E-state index in [0.29, 0.717) is 0 Å². The van der Waals surface area contributed by atoms with Crippen molar-refractivity contribution < 1.29 is 4.42 Å². The van der Waals surface area contributed by atoms with E-state index in [1.165, 1.54) is 49.4 Å². The van der Waals surface area contributed by atoms with Gasteiger partial charge in [-0.3, -0.25) is 0 Å². The third kappa shape index (κ3) is 6.52. The summed E-state index contributed by atoms with van der Waals surface area (Å²) >= 11 is 0. The van der Waals surface area contributed by atoms with Crippen molar-refractivity contribution in [2.75, 3.05) is 4.90 Å². The Morgan fingerprint density at radius 1 is 0.250 bits per heavy atom. The van der Waals surface area contributed by atoms with Gasteiger partial charge in [0.1, 0.15) is 11.2 Å². The van der Waals surface area contributed by atoms with E-state index < -0.39 is 0 Å². The second-order valence-corrected chi connectivity index (χ2v) is 16.4. The van der Waals surface area contributed by atoms with Crippen LogP contribution in [-0.2, 0) is 0 Å². The zero-order valence-corrected chi connectivity index (χ0v) is 35.0. The van der Waals surface area contributed by atoms with Crippen LogP contribution in [0.3, 0.4) is 0 Å². The molecule has 2 nitrogen and oxygen atoms in total. The Kier molecular flexibility index (Phi) is 9.20. The molecule has 0 aliphatic carbocycles. The molecule has 0 unspecified atom stereocenters. The normalized spacial score (nSPS) is 11.4. The van der Waals surface area contributed by atoms with Crippen molar-refractivity contribution in [3.63, 3.8) is 0 Å². The summed E-state index contributed by atoms with van der Waals surface area (Å²) in [6.07, 6.45) is 0. The van der Waals surface area contributed by atoms with Crippen molar-refractivity contribution in [3.05, 3.63) is 249 Å². The number of hydrogen-bond donors (Lipinski definition) is 0. The summed E-state index contributed by atoms with van der Waals surface area (Å²) in [5, 5.41) is 7.21. The van der Waals surface area contributed by atoms with E-state index in [2.05, 4.69) is 241 Å². The van der Waals surface area contributed by atoms with E-state index in [4.69, 9.17) is 4.42 Å². The molecule has 0 atom stereocenters. The molecule has 0 aliphatic heterocycles. The van der Waals surface area contributed by atoms with Gasteiger partial charge < -0.3 is 9.32 Å². The SMILES string of the molecule is c1ccc(-c2cccc(N(c3cccc(-c4ccc5c(c4)c(-c4ccccc4)c(-c4ccccc4)c4ccccc45)c3)c3cccc(-c4cccc5c4oc4ccccc45)c3)c2)cc1. The lowest BCUT2D eigenvalue weighted by Gasteiger charge is -2.27. The van der Waals surface area contributed by atoms with Crippen molar-refractivity contribution >= 4 is 60.5 Å². The van der Waals surface area contributed by atoms with Gasteiger partial charge >= 0.3 is 0 Å². The first-order valence-electron chi connectivity index (χ1n) is 21.9. The van der Waals surface area contributed by atoms with Crippen LogP contribution in [0.4, 0.5) is 17.1 Å². The number of fused-ring (bicyclic) bond motifs is 6. The Labute approximate surface area is 372 Å². The third-order valence-corrected chi connectivity index (χ3v) is 12.6. The molecule has 0 fully saturated rings. The van der Waals surface area contributed by atoms with Gasteiger partial charge in [0.05, 0.1) is 0 Å². The molecule has 0 aliphatic rings. The standard InChI is InChI=1S/C62H41NO/c1-4-18-42(19-5-1)45-24-14-27-49(38-45)63(51-29-16-26-48(40-51)52-33-17-34-57-55-31-12-13-35-59(55)64-62(52)57)50-28-15-25-46(39-50)47-36-37-54-53-30-10-11-32-56(53)60(43-20-6-2-7-21-43)61(58(54)41-47)44-22-8-3-9-23-44/h1-41H. The lowest BCUT2D eigenvalue weighted by atomic mass is 9.84. The van der Waals surface area contributed by atoms with Crippen molar-refractivity contribution in [1.29, 1.82) is 0 Å². The minimum Gasteiger partial charge on any atom is -0.455 e. The minimum absolute atomic E-state index is 0.895. The van der Waals surface area contributed by atoms with E-state index in [9.17, 15) is 0 Å². The highest BCUT2D eigenvalue weighted by atomic mass is 16.3. The van der Waals surface area contributed by atoms with Gasteiger partial charge in [-0.2, -0.15) is 0 Å². The predicted octanol–water partition coefficient (Wildman–Crippen LogP) is 17.7. The highest BCUT2D eigenvalue weighted by Crippen LogP contribution is 2.47. The molecule has 0 bridgehead atoms. The van der Waals surface area contributed by atoms with Crippen LogP contribution in [0.5, 0.6) is 0 Å². The fourth-order valence-electron chi connectivity index (χ4n) is 9.69. The van der Waals surface area contributed by atoms with Crippen molar-refractivity contribution in [2.24, 2.45) is 0 Å². The number of rotatable bonds is 8. The first-order chi connectivity index (χ1) is 31.7. The van der Waals surface area contributed by atoms with Crippen LogP contribution in [0.25, 0.3) is 99.1 Å². The molecular weight excluding hydrogens is 775 g/mol. The molecule has 0 amide bonds. The van der Waals surface area contributed by atoms with Crippen LogP contribution in [0, 0.1) is 0 Å². The topological polar surface area (TPSA) is 16.4 Å². The molecule has 0 saturated carbocycles. The van der Waals surface area contributed by atoms with Crippen LogP contribution >= 0.6 is 0 Å². The first-order valence-corrected chi connectivity index (χ1v) is 21.9. The van der Waals surface area contributed by atoms with Gasteiger partial charge in [-0.25, -0.2) is 0 Å². The molecule has 64 heavy (non-hydrogen) atoms. The molecule has 0 radical (unpaired) electrons. The Bertz CT molecular complexity index is 3660. The molecule has 12 aromatic rings. The summed E-state index contributed by atoms with van der Waals surface area (Å²) in [6, 6.07) is 89.7. The van der Waals surface area contributed by atoms with Crippen molar-refractivity contribution in [3.8, 4) is 55.6 Å². The Morgan fingerprint density at radius 3 is 1.34 bits per heavy atom. The second kappa shape index (κ2) is 15.8. The Morgan fingerprint density at radius 2 is 0.688 bits per heavy atom. The smallest absolute Gasteiger partial charge is 0.143 e. The average molecular weight is 816 g/mol. The monoisotopic (exact) mass is 815 g/mol. The zero-order valence-electron chi connectivity index (χ0n) is 35.0. The molecule has 0 spiro atoms. The largest absolute Gasteiger partial charge is 0.455 e. The average Bonchev–Trinajstić information content (AvgIpc) is 3.76. The number of nitrogens with zero attached hydrogens (tertiary/aromatic N) is 1. The molecule has 1 heterocycles. The van der Waals surface area contributed by atoms with Gasteiger partial charge in [-0.1, -0.05) is 200 Å². The molecular formula is C62H41NO. The Balaban J connectivity index is 1.05. The lowest BCUT2D eigenvalue weighted by molar-refractivity contribution is 0.670. The zero-order chi connectivity index (χ0) is 42.4. The summed E-state index contributed by atoms with van der Waals surface area (Å²) in [4.78, 5) is 2.38. The number of furan rings is 1. The summed E-state index contributed by atoms with van der Waals surface area (Å²) in [5.41, 5.74) is 16.7. The summed E-state index contributed by atoms with van der Waals surface area (Å²) in [5.74, 6) is 0. The molecule has 2 heteroatoms. The number of para-hydroxylation sites is 2. The van der Waals surface area contributed by atoms with Crippen molar-refractivity contribution in [2.45, 2.75) is 0 Å². The van der Waals surface area contributed by atoms with Crippen LogP contribution in [-0.4, -0.2) is 0 Å². The van der Waals surface area contributed by atoms with E-state index in [0.717, 1.165) is 66.8 Å². The van der Waals surface area contributed by atoms with Crippen LogP contribution in [0.2, 0.25) is 0 Å². The third-order valence-electron chi connectivity index (χ3n) is 12.6. The lowest BCUT2D eigenvalue weighted by Crippen LogP contribution is -2.10. The van der Waals surface area contributed by atoms with Crippen LogP contribution < -0.4 is 4.90 Å². The van der Waals surface area contributed by atoms with Gasteiger partial charge in [0, 0.05) is 33.4 Å². The molecule has 12 rings (SSSR count). The van der Waals surface area contributed by atoms with E-state index >= 15 is 0 Å². The van der Waals surface area contributed by atoms with E-state index in [1.54, 1.807) is 0 Å². The molecule has 0 saturated heterocycles. The molecule has 300 valence electrons. The van der Waals surface area contributed by atoms with E-state index in [-0.39, 0.29) is 0 Å². The fourth-order valence-corrected chi connectivity index (χ4v) is 9.69. The van der Waals surface area contributed by atoms with Gasteiger partial charge in [0.2, 0.25) is 0 Å². The van der Waals surface area contributed by atoms with Gasteiger partial charge in [0.25, 0.3) is 0 Å². The highest BCUT2D eigenvalue weighted by Gasteiger charge is 2.20. The maximum atomic E-state index is 6.55. The fraction of sp³-hybridized carbons (Fsp3) is 0. The highest BCUT2D eigenvalue weighted by molar-refractivity contribution is 6.22. The van der Waals surface area contributed by atoms with Gasteiger partial charge in [0.15, 0.2) is 0 Å². The first kappa shape index (κ1) is 37.3. The minimum atomic E-state index is 0.895. The number of anilines is 3.